The summed E-state index contributed by atoms with van der Waals surface area (Å²) in [6, 6.07) is 10.7. The number of benzene rings is 1. The first-order valence-electron chi connectivity index (χ1n) is 6.85. The molecule has 1 aromatic carbocycles. The van der Waals surface area contributed by atoms with Crippen LogP contribution < -0.4 is 5.32 Å². The molecule has 2 fully saturated rings. The Labute approximate surface area is 108 Å². The molecule has 0 aromatic heterocycles. The molecule has 4 unspecified atom stereocenters. The van der Waals surface area contributed by atoms with Crippen molar-refractivity contribution in [2.45, 2.75) is 44.9 Å². The highest BCUT2D eigenvalue weighted by Crippen LogP contribution is 2.43. The molecule has 1 saturated heterocycles. The predicted octanol–water partition coefficient (Wildman–Crippen LogP) is 2.30. The molecule has 1 amide bonds. The van der Waals surface area contributed by atoms with Gasteiger partial charge in [0.15, 0.2) is 0 Å². The van der Waals surface area contributed by atoms with E-state index in [1.807, 2.05) is 25.1 Å². The van der Waals surface area contributed by atoms with E-state index >= 15 is 0 Å². The van der Waals surface area contributed by atoms with E-state index in [1.165, 1.54) is 18.4 Å². The van der Waals surface area contributed by atoms with Crippen molar-refractivity contribution < 1.29 is 4.79 Å². The van der Waals surface area contributed by atoms with E-state index in [0.717, 1.165) is 0 Å². The number of carbonyl (C=O) groups excluding carboxylic acids is 1. The number of rotatable bonds is 3. The highest BCUT2D eigenvalue weighted by atomic mass is 16.2. The van der Waals surface area contributed by atoms with Crippen molar-refractivity contribution in [3.05, 3.63) is 35.9 Å². The third kappa shape index (κ3) is 1.83. The molecule has 1 N–H and O–H groups in total. The molecule has 1 saturated carbocycles. The topological polar surface area (TPSA) is 32.3 Å². The Morgan fingerprint density at radius 3 is 2.67 bits per heavy atom. The van der Waals surface area contributed by atoms with Crippen LogP contribution in [-0.2, 0) is 4.79 Å². The minimum atomic E-state index is -0.0617. The lowest BCUT2D eigenvalue weighted by atomic mass is 10.1. The van der Waals surface area contributed by atoms with E-state index in [4.69, 9.17) is 0 Å². The van der Waals surface area contributed by atoms with Gasteiger partial charge < -0.3 is 4.90 Å². The lowest BCUT2D eigenvalue weighted by Gasteiger charge is -2.25. The minimum absolute atomic E-state index is 0.0617. The molecule has 4 atom stereocenters. The summed E-state index contributed by atoms with van der Waals surface area (Å²) >= 11 is 0. The average Bonchev–Trinajstić information content (AvgIpc) is 3.12. The molecule has 1 aliphatic heterocycles. The van der Waals surface area contributed by atoms with E-state index in [0.29, 0.717) is 12.0 Å². The fraction of sp³-hybridized carbons (Fsp3) is 0.533. The number of hydrogen-bond donors (Lipinski definition) is 1. The zero-order chi connectivity index (χ0) is 12.7. The molecule has 3 heteroatoms. The Morgan fingerprint density at radius 1 is 1.33 bits per heavy atom. The van der Waals surface area contributed by atoms with Gasteiger partial charge in [0, 0.05) is 6.04 Å². The second-order valence-corrected chi connectivity index (χ2v) is 5.42. The van der Waals surface area contributed by atoms with Gasteiger partial charge in [-0.3, -0.25) is 10.1 Å². The largest absolute Gasteiger partial charge is 0.318 e. The summed E-state index contributed by atoms with van der Waals surface area (Å²) in [5, 5.41) is 3.41. The zero-order valence-corrected chi connectivity index (χ0v) is 11.0. The molecular formula is C15H20N2O. The van der Waals surface area contributed by atoms with Crippen molar-refractivity contribution in [1.29, 1.82) is 0 Å². The zero-order valence-electron chi connectivity index (χ0n) is 11.0. The van der Waals surface area contributed by atoms with Crippen molar-refractivity contribution in [1.82, 2.24) is 10.2 Å². The number of hydrogen-bond acceptors (Lipinski definition) is 2. The van der Waals surface area contributed by atoms with Crippen LogP contribution in [0.15, 0.2) is 30.3 Å². The van der Waals surface area contributed by atoms with Gasteiger partial charge in [0.05, 0.1) is 6.04 Å². The van der Waals surface area contributed by atoms with Crippen LogP contribution in [0.5, 0.6) is 0 Å². The van der Waals surface area contributed by atoms with Crippen molar-refractivity contribution in [2.75, 3.05) is 0 Å². The van der Waals surface area contributed by atoms with Gasteiger partial charge in [0.25, 0.3) is 0 Å². The normalized spacial score (nSPS) is 35.0. The first-order chi connectivity index (χ1) is 8.72. The van der Waals surface area contributed by atoms with Gasteiger partial charge in [-0.25, -0.2) is 0 Å². The molecule has 1 aromatic rings. The molecule has 3 rings (SSSR count). The molecule has 0 spiro atoms. The summed E-state index contributed by atoms with van der Waals surface area (Å²) in [6.45, 7) is 4.17. The van der Waals surface area contributed by atoms with Crippen LogP contribution in [0.25, 0.3) is 0 Å². The monoisotopic (exact) mass is 244 g/mol. The molecule has 2 aliphatic rings. The summed E-state index contributed by atoms with van der Waals surface area (Å²) in [4.78, 5) is 14.4. The van der Waals surface area contributed by atoms with E-state index in [1.54, 1.807) is 0 Å². The predicted molar refractivity (Wildman–Crippen MR) is 70.8 cm³/mol. The summed E-state index contributed by atoms with van der Waals surface area (Å²) in [5.41, 5.74) is 1.19. The molecule has 1 heterocycles. The maximum Gasteiger partial charge on any atom is 0.241 e. The summed E-state index contributed by atoms with van der Waals surface area (Å²) in [6.07, 6.45) is 2.40. The Bertz CT molecular complexity index is 445. The van der Waals surface area contributed by atoms with Gasteiger partial charge in [-0.05, 0) is 24.8 Å². The SMILES string of the molecule is CCC1CC1N1C(=O)C(C)NC1c1ccccc1. The maximum atomic E-state index is 12.3. The van der Waals surface area contributed by atoms with E-state index in [2.05, 4.69) is 29.3 Å². The Morgan fingerprint density at radius 2 is 2.06 bits per heavy atom. The molecule has 0 radical (unpaired) electrons. The summed E-state index contributed by atoms with van der Waals surface area (Å²) in [5.74, 6) is 0.956. The number of carbonyl (C=O) groups is 1. The Balaban J connectivity index is 1.86. The lowest BCUT2D eigenvalue weighted by molar-refractivity contribution is -0.130. The third-order valence-electron chi connectivity index (χ3n) is 4.19. The van der Waals surface area contributed by atoms with Crippen LogP contribution in [0, 0.1) is 5.92 Å². The molecule has 18 heavy (non-hydrogen) atoms. The smallest absolute Gasteiger partial charge is 0.241 e. The molecule has 1 aliphatic carbocycles. The number of amides is 1. The standard InChI is InChI=1S/C15H20N2O/c1-3-11-9-13(11)17-14(16-10(2)15(17)18)12-7-5-4-6-8-12/h4-8,10-11,13-14,16H,3,9H2,1-2H3. The van der Waals surface area contributed by atoms with Gasteiger partial charge in [-0.2, -0.15) is 0 Å². The molecule has 96 valence electrons. The lowest BCUT2D eigenvalue weighted by Crippen LogP contribution is -2.33. The van der Waals surface area contributed by atoms with Crippen LogP contribution in [0.2, 0.25) is 0 Å². The average molecular weight is 244 g/mol. The minimum Gasteiger partial charge on any atom is -0.318 e. The second kappa shape index (κ2) is 4.39. The van der Waals surface area contributed by atoms with Gasteiger partial charge >= 0.3 is 0 Å². The van der Waals surface area contributed by atoms with E-state index in [-0.39, 0.29) is 18.1 Å². The van der Waals surface area contributed by atoms with Crippen LogP contribution in [0.3, 0.4) is 0 Å². The van der Waals surface area contributed by atoms with Crippen molar-refractivity contribution in [3.8, 4) is 0 Å². The summed E-state index contributed by atoms with van der Waals surface area (Å²) < 4.78 is 0. The van der Waals surface area contributed by atoms with Crippen molar-refractivity contribution in [3.63, 3.8) is 0 Å². The van der Waals surface area contributed by atoms with Crippen molar-refractivity contribution >= 4 is 5.91 Å². The first kappa shape index (κ1) is 11.7. The van der Waals surface area contributed by atoms with Gasteiger partial charge in [0.2, 0.25) is 5.91 Å². The maximum absolute atomic E-state index is 12.3. The number of nitrogens with one attached hydrogen (secondary N) is 1. The third-order valence-corrected chi connectivity index (χ3v) is 4.19. The quantitative estimate of drug-likeness (QED) is 0.885. The highest BCUT2D eigenvalue weighted by Gasteiger charge is 2.50. The van der Waals surface area contributed by atoms with Gasteiger partial charge in [-0.15, -0.1) is 0 Å². The Kier molecular flexibility index (Phi) is 2.86. The molecule has 0 bridgehead atoms. The van der Waals surface area contributed by atoms with Gasteiger partial charge in [-0.1, -0.05) is 43.7 Å². The molecule has 3 nitrogen and oxygen atoms in total. The number of nitrogens with zero attached hydrogens (tertiary/aromatic N) is 1. The second-order valence-electron chi connectivity index (χ2n) is 5.42. The van der Waals surface area contributed by atoms with Crippen molar-refractivity contribution in [2.24, 2.45) is 5.92 Å². The fourth-order valence-corrected chi connectivity index (χ4v) is 3.00. The van der Waals surface area contributed by atoms with Crippen LogP contribution >= 0.6 is 0 Å². The fourth-order valence-electron chi connectivity index (χ4n) is 3.00. The summed E-state index contributed by atoms with van der Waals surface area (Å²) in [7, 11) is 0. The molecular weight excluding hydrogens is 224 g/mol. The van der Waals surface area contributed by atoms with Crippen LogP contribution in [0.1, 0.15) is 38.4 Å². The first-order valence-corrected chi connectivity index (χ1v) is 6.85. The van der Waals surface area contributed by atoms with E-state index < -0.39 is 0 Å². The van der Waals surface area contributed by atoms with Crippen LogP contribution in [0.4, 0.5) is 0 Å². The van der Waals surface area contributed by atoms with E-state index in [9.17, 15) is 4.79 Å². The Hall–Kier alpha value is -1.35. The highest BCUT2D eigenvalue weighted by molar-refractivity contribution is 5.84. The van der Waals surface area contributed by atoms with Gasteiger partial charge in [0.1, 0.15) is 6.17 Å². The van der Waals surface area contributed by atoms with Crippen LogP contribution in [-0.4, -0.2) is 22.9 Å².